The van der Waals surface area contributed by atoms with Gasteiger partial charge in [0.05, 0.1) is 24.9 Å². The molecular formula is C27H29NO6. The lowest BCUT2D eigenvalue weighted by Gasteiger charge is -2.37. The summed E-state index contributed by atoms with van der Waals surface area (Å²) in [4.78, 5) is 53.1. The molecule has 2 amide bonds. The molecule has 5 aliphatic carbocycles. The number of carbonyl (C=O) groups is 4. The number of rotatable bonds is 6. The summed E-state index contributed by atoms with van der Waals surface area (Å²) in [6.45, 7) is -0.296. The Labute approximate surface area is 198 Å². The molecule has 7 nitrogen and oxygen atoms in total. The maximum Gasteiger partial charge on any atom is 0.309 e. The number of likely N-dealkylation sites (tertiary alicyclic amines) is 1. The van der Waals surface area contributed by atoms with Gasteiger partial charge in [-0.15, -0.1) is 0 Å². The number of benzene rings is 1. The fraction of sp³-hybridized carbons (Fsp3) is 0.556. The van der Waals surface area contributed by atoms with Crippen molar-refractivity contribution in [3.05, 3.63) is 42.0 Å². The van der Waals surface area contributed by atoms with Crippen molar-refractivity contribution >= 4 is 23.6 Å². The standard InChI is InChI=1S/C27H29NO6/c1-33-17-8-4-14(5-9-17)22(29)13-34-27(32)15-2-6-16(7-3-15)28-25(30)23-18-10-11-19(21-12-20(18)21)24(23)26(28)31/h4-5,8-11,15-16,18-21,23-24H,2-3,6-7,12-13H2,1H3/t15?,16?,18-,19-,20-,21+,23-,24+/m0/s1. The van der Waals surface area contributed by atoms with Crippen molar-refractivity contribution in [2.24, 2.45) is 41.4 Å². The van der Waals surface area contributed by atoms with E-state index in [2.05, 4.69) is 12.2 Å². The highest BCUT2D eigenvalue weighted by Crippen LogP contribution is 2.65. The van der Waals surface area contributed by atoms with Crippen molar-refractivity contribution in [2.45, 2.75) is 38.1 Å². The molecule has 2 bridgehead atoms. The van der Waals surface area contributed by atoms with E-state index in [1.165, 1.54) is 0 Å². The van der Waals surface area contributed by atoms with Crippen LogP contribution in [0.2, 0.25) is 0 Å². The Bertz CT molecular complexity index is 1030. The molecule has 7 rings (SSSR count). The molecule has 0 aromatic heterocycles. The van der Waals surface area contributed by atoms with Crippen LogP contribution in [0.4, 0.5) is 0 Å². The molecule has 1 aromatic carbocycles. The Balaban J connectivity index is 1.03. The van der Waals surface area contributed by atoms with E-state index in [1.807, 2.05) is 0 Å². The van der Waals surface area contributed by atoms with Crippen molar-refractivity contribution in [1.29, 1.82) is 0 Å². The first-order valence-corrected chi connectivity index (χ1v) is 12.4. The van der Waals surface area contributed by atoms with E-state index < -0.39 is 0 Å². The van der Waals surface area contributed by atoms with Crippen LogP contribution in [0.3, 0.4) is 0 Å². The lowest BCUT2D eigenvalue weighted by Crippen LogP contribution is -2.44. The Morgan fingerprint density at radius 2 is 1.50 bits per heavy atom. The number of carbonyl (C=O) groups excluding carboxylic acids is 4. The molecule has 6 atom stereocenters. The molecule has 4 fully saturated rings. The van der Waals surface area contributed by atoms with Gasteiger partial charge < -0.3 is 9.47 Å². The first-order valence-electron chi connectivity index (χ1n) is 12.4. The Hall–Kier alpha value is -2.96. The first kappa shape index (κ1) is 21.6. The average Bonchev–Trinajstić information content (AvgIpc) is 3.65. The molecule has 0 radical (unpaired) electrons. The number of ketones is 1. The number of imide groups is 1. The van der Waals surface area contributed by atoms with Gasteiger partial charge >= 0.3 is 5.97 Å². The molecule has 1 heterocycles. The van der Waals surface area contributed by atoms with Crippen LogP contribution in [0, 0.1) is 41.4 Å². The SMILES string of the molecule is COc1ccc(C(=O)COC(=O)C2CCC(N3C(=O)[C@@H]4[C@H]5C=C[C@@H]([C@@H]6C[C@H]56)[C@@H]4C3=O)CC2)cc1. The minimum absolute atomic E-state index is 0.0100. The molecule has 0 spiro atoms. The van der Waals surface area contributed by atoms with Crippen LogP contribution in [-0.4, -0.2) is 48.2 Å². The number of methoxy groups -OCH3 is 1. The Morgan fingerprint density at radius 1 is 0.912 bits per heavy atom. The number of allylic oxidation sites excluding steroid dienone is 2. The van der Waals surface area contributed by atoms with E-state index in [-0.39, 0.29) is 65.8 Å². The Morgan fingerprint density at radius 3 is 2.06 bits per heavy atom. The van der Waals surface area contributed by atoms with Gasteiger partial charge in [-0.25, -0.2) is 0 Å². The van der Waals surface area contributed by atoms with Crippen LogP contribution in [0.15, 0.2) is 36.4 Å². The van der Waals surface area contributed by atoms with Crippen LogP contribution in [-0.2, 0) is 19.1 Å². The second-order valence-corrected chi connectivity index (χ2v) is 10.5. The molecule has 7 heteroatoms. The zero-order valence-electron chi connectivity index (χ0n) is 19.2. The summed E-state index contributed by atoms with van der Waals surface area (Å²) >= 11 is 0. The lowest BCUT2D eigenvalue weighted by atomic mass is 9.63. The summed E-state index contributed by atoms with van der Waals surface area (Å²) in [6, 6.07) is 6.54. The zero-order valence-corrected chi connectivity index (χ0v) is 19.2. The van der Waals surface area contributed by atoms with E-state index in [0.717, 1.165) is 6.42 Å². The fourth-order valence-corrected chi connectivity index (χ4v) is 7.02. The number of amides is 2. The van der Waals surface area contributed by atoms with E-state index >= 15 is 0 Å². The van der Waals surface area contributed by atoms with Gasteiger partial charge in [0.2, 0.25) is 11.8 Å². The third kappa shape index (κ3) is 3.31. The number of hydrogen-bond donors (Lipinski definition) is 0. The van der Waals surface area contributed by atoms with Gasteiger partial charge in [-0.3, -0.25) is 24.1 Å². The van der Waals surface area contributed by atoms with Crippen molar-refractivity contribution in [2.75, 3.05) is 13.7 Å². The average molecular weight is 464 g/mol. The van der Waals surface area contributed by atoms with Gasteiger partial charge in [-0.1, -0.05) is 12.2 Å². The molecule has 178 valence electrons. The predicted molar refractivity (Wildman–Crippen MR) is 121 cm³/mol. The van der Waals surface area contributed by atoms with Crippen molar-refractivity contribution in [1.82, 2.24) is 4.90 Å². The van der Waals surface area contributed by atoms with E-state index in [0.29, 0.717) is 48.8 Å². The molecule has 0 unspecified atom stereocenters. The number of Topliss-reactive ketones (excluding diaryl/α,β-unsaturated/α-hetero) is 1. The zero-order chi connectivity index (χ0) is 23.6. The second kappa shape index (κ2) is 8.07. The van der Waals surface area contributed by atoms with Crippen LogP contribution in [0.5, 0.6) is 5.75 Å². The number of ether oxygens (including phenoxy) is 2. The van der Waals surface area contributed by atoms with Crippen LogP contribution in [0.1, 0.15) is 42.5 Å². The normalized spacial score (nSPS) is 37.3. The van der Waals surface area contributed by atoms with Crippen molar-refractivity contribution in [3.8, 4) is 5.75 Å². The quantitative estimate of drug-likeness (QED) is 0.279. The van der Waals surface area contributed by atoms with E-state index in [1.54, 1.807) is 36.3 Å². The van der Waals surface area contributed by atoms with E-state index in [9.17, 15) is 19.2 Å². The molecule has 3 saturated carbocycles. The number of nitrogens with zero attached hydrogens (tertiary/aromatic N) is 1. The largest absolute Gasteiger partial charge is 0.497 e. The molecule has 6 aliphatic rings. The van der Waals surface area contributed by atoms with Gasteiger partial charge in [0.1, 0.15) is 5.75 Å². The maximum absolute atomic E-state index is 13.3. The predicted octanol–water partition coefficient (Wildman–Crippen LogP) is 3.03. The summed E-state index contributed by atoms with van der Waals surface area (Å²) < 4.78 is 10.4. The Kier molecular flexibility index (Phi) is 5.12. The van der Waals surface area contributed by atoms with Crippen LogP contribution in [0.25, 0.3) is 0 Å². The number of esters is 1. The summed E-state index contributed by atoms with van der Waals surface area (Å²) in [7, 11) is 1.55. The molecular weight excluding hydrogens is 434 g/mol. The number of hydrogen-bond acceptors (Lipinski definition) is 6. The van der Waals surface area contributed by atoms with Gasteiger partial charge in [-0.2, -0.15) is 0 Å². The monoisotopic (exact) mass is 463 g/mol. The smallest absolute Gasteiger partial charge is 0.309 e. The van der Waals surface area contributed by atoms with Gasteiger partial charge in [0, 0.05) is 11.6 Å². The summed E-state index contributed by atoms with van der Waals surface area (Å²) in [5.41, 5.74) is 0.464. The third-order valence-electron chi connectivity index (χ3n) is 8.85. The third-order valence-corrected chi connectivity index (χ3v) is 8.85. The van der Waals surface area contributed by atoms with Crippen LogP contribution >= 0.6 is 0 Å². The highest BCUT2D eigenvalue weighted by atomic mass is 16.5. The highest BCUT2D eigenvalue weighted by Gasteiger charge is 2.67. The summed E-state index contributed by atoms with van der Waals surface area (Å²) in [6.07, 6.45) is 7.87. The first-order chi connectivity index (χ1) is 16.5. The van der Waals surface area contributed by atoms with Gasteiger partial charge in [-0.05, 0) is 80.0 Å². The molecule has 34 heavy (non-hydrogen) atoms. The summed E-state index contributed by atoms with van der Waals surface area (Å²) in [5.74, 6) is 1.05. The minimum atomic E-state index is -0.379. The van der Waals surface area contributed by atoms with Crippen molar-refractivity contribution in [3.63, 3.8) is 0 Å². The van der Waals surface area contributed by atoms with Crippen molar-refractivity contribution < 1.29 is 28.7 Å². The molecule has 0 N–H and O–H groups in total. The molecule has 1 saturated heterocycles. The topological polar surface area (TPSA) is 90.0 Å². The summed E-state index contributed by atoms with van der Waals surface area (Å²) in [5, 5.41) is 0. The molecule has 1 aliphatic heterocycles. The van der Waals surface area contributed by atoms with Gasteiger partial charge in [0.25, 0.3) is 0 Å². The van der Waals surface area contributed by atoms with E-state index in [4.69, 9.17) is 9.47 Å². The fourth-order valence-electron chi connectivity index (χ4n) is 7.02. The van der Waals surface area contributed by atoms with Gasteiger partial charge in [0.15, 0.2) is 12.4 Å². The van der Waals surface area contributed by atoms with Crippen LogP contribution < -0.4 is 4.74 Å². The molecule has 1 aromatic rings. The highest BCUT2D eigenvalue weighted by molar-refractivity contribution is 6.06. The minimum Gasteiger partial charge on any atom is -0.497 e. The lowest BCUT2D eigenvalue weighted by molar-refractivity contribution is -0.149. The second-order valence-electron chi connectivity index (χ2n) is 10.5. The maximum atomic E-state index is 13.3.